The van der Waals surface area contributed by atoms with Crippen LogP contribution in [-0.4, -0.2) is 193 Å². The fraction of sp³-hybridized carbons (Fsp3) is 0.592. The Balaban J connectivity index is 1.33. The second-order valence-corrected chi connectivity index (χ2v) is 23.5. The fourth-order valence-electron chi connectivity index (χ4n) is 10.2. The molecule has 17 unspecified atom stereocenters. The summed E-state index contributed by atoms with van der Waals surface area (Å²) in [6, 6.07) is -1.02. The minimum absolute atomic E-state index is 0.188. The number of carbonyl (C=O) groups is 1. The molecule has 3 fully saturated rings. The maximum absolute atomic E-state index is 13.3. The molecule has 19 heteroatoms. The van der Waals surface area contributed by atoms with Crippen LogP contribution < -0.4 is 5.32 Å². The van der Waals surface area contributed by atoms with Gasteiger partial charge in [-0.3, -0.25) is 4.79 Å². The molecule has 534 valence electrons. The minimum Gasteiger partial charge on any atom is -0.394 e. The first-order valence-corrected chi connectivity index (χ1v) is 34.5. The molecule has 0 spiro atoms. The van der Waals surface area contributed by atoms with Crippen LogP contribution in [0.2, 0.25) is 0 Å². The van der Waals surface area contributed by atoms with Crippen LogP contribution in [0.5, 0.6) is 0 Å². The number of hydrogen-bond donors (Lipinski definition) is 12. The molecule has 3 aliphatic heterocycles. The van der Waals surface area contributed by atoms with E-state index < -0.39 is 131 Å². The van der Waals surface area contributed by atoms with Crippen LogP contribution >= 0.6 is 0 Å². The fourth-order valence-corrected chi connectivity index (χ4v) is 10.2. The summed E-state index contributed by atoms with van der Waals surface area (Å²) in [6.07, 6.45) is 56.5. The Hall–Kier alpha value is -5.11. The lowest BCUT2D eigenvalue weighted by Gasteiger charge is -2.48. The molecule has 3 heterocycles. The zero-order valence-electron chi connectivity index (χ0n) is 56.3. The number of unbranched alkanes of at least 4 members (excludes halogenated alkanes) is 6. The Labute approximate surface area is 566 Å². The quantitative estimate of drug-likeness (QED) is 0.0199. The predicted molar refractivity (Wildman–Crippen MR) is 373 cm³/mol. The third kappa shape index (κ3) is 36.3. The first-order chi connectivity index (χ1) is 46.3. The Kier molecular flexibility index (Phi) is 48.6. The average molecular weight is 1330 g/mol. The maximum atomic E-state index is 13.3. The number of nitrogens with one attached hydrogen (secondary N) is 1. The summed E-state index contributed by atoms with van der Waals surface area (Å²) < 4.78 is 34.1. The lowest BCUT2D eigenvalue weighted by Crippen LogP contribution is -2.66. The summed E-state index contributed by atoms with van der Waals surface area (Å²) in [7, 11) is 0. The van der Waals surface area contributed by atoms with Crippen molar-refractivity contribution in [2.45, 2.75) is 259 Å². The molecule has 0 aromatic rings. The van der Waals surface area contributed by atoms with E-state index in [1.165, 1.54) is 0 Å². The van der Waals surface area contributed by atoms with Crippen molar-refractivity contribution in [2.24, 2.45) is 0 Å². The molecular formula is C76H117NO18. The highest BCUT2D eigenvalue weighted by atomic mass is 16.8. The van der Waals surface area contributed by atoms with Gasteiger partial charge < -0.3 is 89.9 Å². The molecule has 12 N–H and O–H groups in total. The number of hydrogen-bond acceptors (Lipinski definition) is 18. The molecule has 0 saturated carbocycles. The van der Waals surface area contributed by atoms with E-state index in [9.17, 15) is 61.0 Å². The Morgan fingerprint density at radius 1 is 0.400 bits per heavy atom. The molecule has 0 aromatic carbocycles. The SMILES string of the molecule is C/C=C/CC/C=C/CC/C=C/C(O)C(COC1OC(CO)C(OC2OC(CO)C(OC3OC(CO)C(O)C(O)C3O)C(O)C2O)C(O)C1O)NC(=O)CCCCCC/C=C\C/C=C\C/C=C\C/C=C\C/C=C\C/C=C\C/C=C\C/C=C\C/C=C\C/C=C\C/C=C\C/C=C\CC. The van der Waals surface area contributed by atoms with Gasteiger partial charge in [0.1, 0.15) is 73.2 Å². The van der Waals surface area contributed by atoms with Gasteiger partial charge in [0.2, 0.25) is 5.91 Å². The molecule has 0 radical (unpaired) electrons. The first-order valence-electron chi connectivity index (χ1n) is 34.5. The second kappa shape index (κ2) is 54.8. The van der Waals surface area contributed by atoms with Gasteiger partial charge in [-0.2, -0.15) is 0 Å². The molecule has 0 bridgehead atoms. The summed E-state index contributed by atoms with van der Waals surface area (Å²) >= 11 is 0. The van der Waals surface area contributed by atoms with Gasteiger partial charge >= 0.3 is 0 Å². The van der Waals surface area contributed by atoms with E-state index in [4.69, 9.17) is 28.4 Å². The molecule has 0 aliphatic carbocycles. The van der Waals surface area contributed by atoms with Crippen molar-refractivity contribution in [3.05, 3.63) is 182 Å². The van der Waals surface area contributed by atoms with Crippen molar-refractivity contribution in [1.29, 1.82) is 0 Å². The largest absolute Gasteiger partial charge is 0.394 e. The highest BCUT2D eigenvalue weighted by Gasteiger charge is 2.53. The lowest BCUT2D eigenvalue weighted by atomic mass is 9.96. The van der Waals surface area contributed by atoms with Crippen molar-refractivity contribution in [3.63, 3.8) is 0 Å². The zero-order valence-corrected chi connectivity index (χ0v) is 56.3. The van der Waals surface area contributed by atoms with Gasteiger partial charge in [-0.25, -0.2) is 0 Å². The lowest BCUT2D eigenvalue weighted by molar-refractivity contribution is -0.379. The Morgan fingerprint density at radius 3 is 1.17 bits per heavy atom. The number of rotatable bonds is 49. The van der Waals surface area contributed by atoms with Crippen molar-refractivity contribution >= 4 is 5.91 Å². The van der Waals surface area contributed by atoms with Crippen LogP contribution in [0.4, 0.5) is 0 Å². The molecule has 95 heavy (non-hydrogen) atoms. The molecule has 0 aromatic heterocycles. The van der Waals surface area contributed by atoms with E-state index >= 15 is 0 Å². The molecular weight excluding hydrogens is 1210 g/mol. The number of aliphatic hydroxyl groups is 11. The number of ether oxygens (including phenoxy) is 6. The summed E-state index contributed by atoms with van der Waals surface area (Å²) in [5.74, 6) is -0.327. The number of carbonyl (C=O) groups excluding carboxylic acids is 1. The Bertz CT molecular complexity index is 2440. The van der Waals surface area contributed by atoms with E-state index in [2.05, 4.69) is 176 Å². The third-order valence-electron chi connectivity index (χ3n) is 15.8. The summed E-state index contributed by atoms with van der Waals surface area (Å²) in [6.45, 7) is 1.27. The van der Waals surface area contributed by atoms with Crippen LogP contribution in [0.1, 0.15) is 155 Å². The van der Waals surface area contributed by atoms with Gasteiger partial charge in [-0.1, -0.05) is 202 Å². The van der Waals surface area contributed by atoms with E-state index in [-0.39, 0.29) is 12.3 Å². The van der Waals surface area contributed by atoms with Crippen molar-refractivity contribution < 1.29 is 89.4 Å². The smallest absolute Gasteiger partial charge is 0.220 e. The normalized spacial score (nSPS) is 28.4. The minimum atomic E-state index is -1.99. The van der Waals surface area contributed by atoms with E-state index in [0.717, 1.165) is 122 Å². The molecule has 19 nitrogen and oxygen atoms in total. The van der Waals surface area contributed by atoms with Crippen LogP contribution in [0.15, 0.2) is 182 Å². The summed E-state index contributed by atoms with van der Waals surface area (Å²) in [4.78, 5) is 13.3. The molecule has 1 amide bonds. The highest BCUT2D eigenvalue weighted by Crippen LogP contribution is 2.33. The van der Waals surface area contributed by atoms with Crippen molar-refractivity contribution in [3.8, 4) is 0 Å². The highest BCUT2D eigenvalue weighted by molar-refractivity contribution is 5.76. The monoisotopic (exact) mass is 1330 g/mol. The van der Waals surface area contributed by atoms with Crippen LogP contribution in [0.3, 0.4) is 0 Å². The maximum Gasteiger partial charge on any atom is 0.220 e. The summed E-state index contributed by atoms with van der Waals surface area (Å²) in [5.41, 5.74) is 0. The van der Waals surface area contributed by atoms with Crippen LogP contribution in [-0.2, 0) is 33.2 Å². The van der Waals surface area contributed by atoms with Gasteiger partial charge in [-0.05, 0) is 129 Å². The average Bonchev–Trinajstić information content (AvgIpc) is 0.795. The van der Waals surface area contributed by atoms with Gasteiger partial charge in [0, 0.05) is 6.42 Å². The van der Waals surface area contributed by atoms with E-state index in [1.807, 2.05) is 13.0 Å². The van der Waals surface area contributed by atoms with Gasteiger partial charge in [0.05, 0.1) is 38.6 Å². The molecule has 3 aliphatic rings. The molecule has 3 rings (SSSR count). The van der Waals surface area contributed by atoms with Gasteiger partial charge in [0.25, 0.3) is 0 Å². The van der Waals surface area contributed by atoms with Gasteiger partial charge in [0.15, 0.2) is 18.9 Å². The molecule has 3 saturated heterocycles. The van der Waals surface area contributed by atoms with Crippen molar-refractivity contribution in [2.75, 3.05) is 26.4 Å². The second-order valence-electron chi connectivity index (χ2n) is 23.5. The van der Waals surface area contributed by atoms with E-state index in [0.29, 0.717) is 12.8 Å². The predicted octanol–water partition coefficient (Wildman–Crippen LogP) is 9.26. The summed E-state index contributed by atoms with van der Waals surface area (Å²) in [5, 5.41) is 120. The first kappa shape index (κ1) is 84.1. The topological polar surface area (TPSA) is 307 Å². The van der Waals surface area contributed by atoms with Crippen molar-refractivity contribution in [1.82, 2.24) is 5.32 Å². The van der Waals surface area contributed by atoms with E-state index in [1.54, 1.807) is 12.2 Å². The van der Waals surface area contributed by atoms with Crippen LogP contribution in [0, 0.1) is 0 Å². The Morgan fingerprint density at radius 2 is 0.747 bits per heavy atom. The third-order valence-corrected chi connectivity index (χ3v) is 15.8. The number of amides is 1. The van der Waals surface area contributed by atoms with Gasteiger partial charge in [-0.15, -0.1) is 0 Å². The number of aliphatic hydroxyl groups excluding tert-OH is 11. The zero-order chi connectivity index (χ0) is 68.9. The standard InChI is InChI=1S/C76H117NO18/c1-3-5-7-9-11-13-14-15-16-17-18-19-20-21-22-23-24-25-26-27-28-29-30-31-32-33-34-35-36-37-38-39-40-41-42-43-44-46-48-50-52-54-64(82)77-59(60(81)53-51-49-47-45-12-10-8-6-4-2)58-90-74-70(88)67(85)72(62(56-79)92-74)95-76-71(89)68(86)73(63(57-80)93-76)94-75-69(87)66(84)65(83)61(55-78)91-75/h4-7,11-13,15-16,18-19,21-22,24-25,27-28,30-31,33-34,36-37,39-40,42-43,45,51,53,59-63,65-76,78-81,83-89H,3,8-10,14,17,20,23,26,29,32,35,38,41,44,46-50,52,54-58H2,1-2H3,(H,77,82)/b6-4+,7-5-,13-11-,16-15-,19-18-,22-21-,25-24-,28-27-,31-30-,34-33-,37-36-,40-39-,43-42-,45-12+,53-51+. The molecule has 17 atom stereocenters. The number of allylic oxidation sites excluding steroid dienone is 29. The van der Waals surface area contributed by atoms with Crippen LogP contribution in [0.25, 0.3) is 0 Å².